The van der Waals surface area contributed by atoms with Gasteiger partial charge in [0, 0.05) is 21.1 Å². The van der Waals surface area contributed by atoms with Crippen LogP contribution in [-0.4, -0.2) is 0 Å². The average Bonchev–Trinajstić information content (AvgIpc) is 2.49. The minimum absolute atomic E-state index is 0. The summed E-state index contributed by atoms with van der Waals surface area (Å²) in [6, 6.07) is 20.8. The molecule has 21 heavy (non-hydrogen) atoms. The first-order valence-corrected chi connectivity index (χ1v) is 7.39. The maximum atomic E-state index is 2.23. The van der Waals surface area contributed by atoms with Crippen LogP contribution in [-0.2, 0) is 21.1 Å². The van der Waals surface area contributed by atoms with Crippen molar-refractivity contribution in [3.63, 3.8) is 0 Å². The molecule has 112 valence electrons. The second-order valence-corrected chi connectivity index (χ2v) is 4.87. The molecular weight excluding hydrogens is 435 g/mol. The minimum Gasteiger partial charge on any atom is -0.0845 e. The van der Waals surface area contributed by atoms with Gasteiger partial charge in [-0.3, -0.25) is 0 Å². The van der Waals surface area contributed by atoms with Crippen molar-refractivity contribution in [3.8, 4) is 11.1 Å². The van der Waals surface area contributed by atoms with Crippen LogP contribution in [0.4, 0.5) is 0 Å². The molecule has 0 saturated carbocycles. The van der Waals surface area contributed by atoms with Crippen molar-refractivity contribution >= 4 is 0 Å². The summed E-state index contributed by atoms with van der Waals surface area (Å²) in [6.45, 7) is 0. The zero-order chi connectivity index (χ0) is 13.9. The molecule has 0 spiro atoms. The van der Waals surface area contributed by atoms with Gasteiger partial charge in [-0.05, 0) is 36.8 Å². The summed E-state index contributed by atoms with van der Waals surface area (Å²) in [7, 11) is 0. The van der Waals surface area contributed by atoms with E-state index in [4.69, 9.17) is 0 Å². The Hall–Kier alpha value is -1.39. The quantitative estimate of drug-likeness (QED) is 0.491. The van der Waals surface area contributed by atoms with Crippen molar-refractivity contribution in [2.24, 2.45) is 0 Å². The van der Waals surface area contributed by atoms with Crippen molar-refractivity contribution in [1.82, 2.24) is 0 Å². The fraction of sp³-hybridized carbons (Fsp3) is 0.200. The molecule has 1 aliphatic carbocycles. The van der Waals surface area contributed by atoms with E-state index in [2.05, 4.69) is 72.8 Å². The molecule has 0 radical (unpaired) electrons. The van der Waals surface area contributed by atoms with Crippen LogP contribution < -0.4 is 0 Å². The van der Waals surface area contributed by atoms with E-state index < -0.39 is 0 Å². The van der Waals surface area contributed by atoms with Crippen molar-refractivity contribution in [2.75, 3.05) is 0 Å². The van der Waals surface area contributed by atoms with Gasteiger partial charge in [-0.2, -0.15) is 0 Å². The van der Waals surface area contributed by atoms with Crippen molar-refractivity contribution < 1.29 is 21.1 Å². The van der Waals surface area contributed by atoms with Crippen molar-refractivity contribution in [1.29, 1.82) is 0 Å². The minimum atomic E-state index is 0. The van der Waals surface area contributed by atoms with Gasteiger partial charge in [0.1, 0.15) is 0 Å². The van der Waals surface area contributed by atoms with E-state index >= 15 is 0 Å². The topological polar surface area (TPSA) is 0 Å². The van der Waals surface area contributed by atoms with Gasteiger partial charge >= 0.3 is 0 Å². The van der Waals surface area contributed by atoms with Gasteiger partial charge in [-0.15, -0.1) is 0 Å². The Kier molecular flexibility index (Phi) is 9.49. The summed E-state index contributed by atoms with van der Waals surface area (Å²) >= 11 is 0. The predicted octanol–water partition coefficient (Wildman–Crippen LogP) is 6.02. The summed E-state index contributed by atoms with van der Waals surface area (Å²) in [5.41, 5.74) is 2.55. The standard InChI is InChI=1S/C12H10.C8H12.Pt/c1-3-7-11(8-4-1)12-9-5-2-6-10-12;1-2-4-6-8-7-5-3-1;/h1-10H;1-4H,5-8H2;. The van der Waals surface area contributed by atoms with Crippen LogP contribution in [0.5, 0.6) is 0 Å². The average molecular weight is 457 g/mol. The normalized spacial score (nSPS) is 13.1. The first kappa shape index (κ1) is 17.7. The van der Waals surface area contributed by atoms with Crippen molar-refractivity contribution in [2.45, 2.75) is 25.7 Å². The Morgan fingerprint density at radius 1 is 0.524 bits per heavy atom. The Labute approximate surface area is 142 Å². The number of hydrogen-bond acceptors (Lipinski definition) is 0. The third-order valence-electron chi connectivity index (χ3n) is 3.26. The fourth-order valence-electron chi connectivity index (χ4n) is 2.14. The van der Waals surface area contributed by atoms with Gasteiger partial charge in [-0.25, -0.2) is 0 Å². The molecule has 3 rings (SSSR count). The van der Waals surface area contributed by atoms with Crippen LogP contribution in [0, 0.1) is 0 Å². The second kappa shape index (κ2) is 11.3. The molecule has 1 aliphatic rings. The molecule has 0 aliphatic heterocycles. The summed E-state index contributed by atoms with van der Waals surface area (Å²) in [5, 5.41) is 0. The van der Waals surface area contributed by atoms with E-state index in [1.165, 1.54) is 36.8 Å². The molecule has 0 amide bonds. The SMILES string of the molecule is C1=CCCCCC=C1.[Pt].c1ccc(-c2ccccc2)cc1. The molecule has 2 aromatic carbocycles. The van der Waals surface area contributed by atoms with Gasteiger partial charge in [0.2, 0.25) is 0 Å². The maximum absolute atomic E-state index is 2.23. The molecule has 0 fully saturated rings. The number of benzene rings is 2. The Morgan fingerprint density at radius 3 is 1.29 bits per heavy atom. The smallest absolute Gasteiger partial charge is 0 e. The zero-order valence-corrected chi connectivity index (χ0v) is 14.5. The summed E-state index contributed by atoms with van der Waals surface area (Å²) in [4.78, 5) is 0. The van der Waals surface area contributed by atoms with Gasteiger partial charge < -0.3 is 0 Å². The van der Waals surface area contributed by atoms with Gasteiger partial charge in [-0.1, -0.05) is 85.0 Å². The molecule has 2 aromatic rings. The first-order chi connectivity index (χ1) is 9.97. The Balaban J connectivity index is 0.000000216. The maximum Gasteiger partial charge on any atom is 0 e. The van der Waals surface area contributed by atoms with Crippen molar-refractivity contribution in [3.05, 3.63) is 85.0 Å². The van der Waals surface area contributed by atoms with Crippen LogP contribution >= 0.6 is 0 Å². The number of allylic oxidation sites excluding steroid dienone is 4. The van der Waals surface area contributed by atoms with Crippen LogP contribution in [0.15, 0.2) is 85.0 Å². The van der Waals surface area contributed by atoms with Gasteiger partial charge in [0.15, 0.2) is 0 Å². The van der Waals surface area contributed by atoms with Gasteiger partial charge in [0.05, 0.1) is 0 Å². The molecule has 0 nitrogen and oxygen atoms in total. The summed E-state index contributed by atoms with van der Waals surface area (Å²) in [6.07, 6.45) is 14.0. The zero-order valence-electron chi connectivity index (χ0n) is 12.2. The molecular formula is C20H22Pt. The second-order valence-electron chi connectivity index (χ2n) is 4.87. The third kappa shape index (κ3) is 7.25. The van der Waals surface area contributed by atoms with E-state index in [1.54, 1.807) is 0 Å². The van der Waals surface area contributed by atoms with Crippen LogP contribution in [0.2, 0.25) is 0 Å². The van der Waals surface area contributed by atoms with E-state index in [9.17, 15) is 0 Å². The summed E-state index contributed by atoms with van der Waals surface area (Å²) < 4.78 is 0. The molecule has 0 saturated heterocycles. The predicted molar refractivity (Wildman–Crippen MR) is 88.6 cm³/mol. The third-order valence-corrected chi connectivity index (χ3v) is 3.26. The molecule has 0 N–H and O–H groups in total. The molecule has 0 atom stereocenters. The Bertz CT molecular complexity index is 475. The fourth-order valence-corrected chi connectivity index (χ4v) is 2.14. The molecule has 1 heteroatoms. The molecule has 0 unspecified atom stereocenters. The van der Waals surface area contributed by atoms with E-state index in [0.717, 1.165) is 0 Å². The number of rotatable bonds is 1. The van der Waals surface area contributed by atoms with E-state index in [-0.39, 0.29) is 21.1 Å². The van der Waals surface area contributed by atoms with Crippen LogP contribution in [0.3, 0.4) is 0 Å². The number of hydrogen-bond donors (Lipinski definition) is 0. The Morgan fingerprint density at radius 2 is 0.905 bits per heavy atom. The van der Waals surface area contributed by atoms with Crippen LogP contribution in [0.1, 0.15) is 25.7 Å². The van der Waals surface area contributed by atoms with E-state index in [1.807, 2.05) is 12.1 Å². The van der Waals surface area contributed by atoms with Crippen LogP contribution in [0.25, 0.3) is 11.1 Å². The first-order valence-electron chi connectivity index (χ1n) is 7.39. The largest absolute Gasteiger partial charge is 0.0845 e. The van der Waals surface area contributed by atoms with Gasteiger partial charge in [0.25, 0.3) is 0 Å². The molecule has 0 aromatic heterocycles. The summed E-state index contributed by atoms with van der Waals surface area (Å²) in [5.74, 6) is 0. The molecule has 0 bridgehead atoms. The monoisotopic (exact) mass is 457 g/mol. The molecule has 0 heterocycles. The van der Waals surface area contributed by atoms with E-state index in [0.29, 0.717) is 0 Å².